The van der Waals surface area contributed by atoms with Crippen LogP contribution in [-0.2, 0) is 25.8 Å². The Morgan fingerprint density at radius 2 is 1.76 bits per heavy atom. The van der Waals surface area contributed by atoms with E-state index in [0.29, 0.717) is 38.6 Å². The summed E-state index contributed by atoms with van der Waals surface area (Å²) in [6, 6.07) is 18.6. The van der Waals surface area contributed by atoms with E-state index in [2.05, 4.69) is 28.1 Å². The molecule has 0 spiro atoms. The van der Waals surface area contributed by atoms with Crippen LogP contribution in [0, 0.1) is 0 Å². The van der Waals surface area contributed by atoms with Gasteiger partial charge in [-0.05, 0) is 72.7 Å². The Morgan fingerprint density at radius 3 is 2.42 bits per heavy atom. The van der Waals surface area contributed by atoms with Crippen molar-refractivity contribution in [3.8, 4) is 16.9 Å². The van der Waals surface area contributed by atoms with Crippen LogP contribution in [0.3, 0.4) is 0 Å². The van der Waals surface area contributed by atoms with E-state index in [-0.39, 0.29) is 17.7 Å². The number of sulfone groups is 1. The van der Waals surface area contributed by atoms with Gasteiger partial charge < -0.3 is 20.1 Å². The lowest BCUT2D eigenvalue weighted by Gasteiger charge is -2.38. The molecule has 0 unspecified atom stereocenters. The van der Waals surface area contributed by atoms with Crippen molar-refractivity contribution < 1.29 is 22.7 Å². The second-order valence-corrected chi connectivity index (χ2v) is 11.8. The Kier molecular flexibility index (Phi) is 9.14. The minimum Gasteiger partial charge on any atom is -0.494 e. The lowest BCUT2D eigenvalue weighted by atomic mass is 9.95. The largest absolute Gasteiger partial charge is 0.494 e. The number of amides is 1. The number of carbonyl (C=O) groups is 1. The number of ether oxygens (including phenoxy) is 2. The number of pyridine rings is 1. The van der Waals surface area contributed by atoms with E-state index in [0.717, 1.165) is 24.0 Å². The molecular weight excluding hydrogens is 502 g/mol. The summed E-state index contributed by atoms with van der Waals surface area (Å²) in [6.45, 7) is 2.67. The highest BCUT2D eigenvalue weighted by molar-refractivity contribution is 7.93. The summed E-state index contributed by atoms with van der Waals surface area (Å²) in [5.74, 6) is -0.215. The summed E-state index contributed by atoms with van der Waals surface area (Å²) in [4.78, 5) is 18.8. The highest BCUT2D eigenvalue weighted by Crippen LogP contribution is 2.36. The van der Waals surface area contributed by atoms with Gasteiger partial charge in [0.25, 0.3) is 0 Å². The van der Waals surface area contributed by atoms with E-state index in [4.69, 9.17) is 15.2 Å². The van der Waals surface area contributed by atoms with Gasteiger partial charge in [0.1, 0.15) is 5.75 Å². The summed E-state index contributed by atoms with van der Waals surface area (Å²) in [5, 5.41) is 0. The number of methoxy groups -OCH3 is 1. The quantitative estimate of drug-likeness (QED) is 0.352. The molecule has 2 N–H and O–H groups in total. The Morgan fingerprint density at radius 1 is 1.03 bits per heavy atom. The number of primary amides is 1. The summed E-state index contributed by atoms with van der Waals surface area (Å²) in [5.41, 5.74) is 9.10. The highest BCUT2D eigenvalue weighted by Gasteiger charge is 2.51. The third-order valence-electron chi connectivity index (χ3n) is 7.17. The molecule has 1 amide bonds. The second kappa shape index (κ2) is 12.5. The monoisotopic (exact) mass is 537 g/mol. The van der Waals surface area contributed by atoms with Crippen molar-refractivity contribution in [3.63, 3.8) is 0 Å². The average Bonchev–Trinajstić information content (AvgIpc) is 2.95. The van der Waals surface area contributed by atoms with Gasteiger partial charge in [0.05, 0.1) is 18.1 Å². The minimum atomic E-state index is -3.96. The highest BCUT2D eigenvalue weighted by atomic mass is 32.2. The third kappa shape index (κ3) is 6.23. The number of rotatable bonds is 12. The van der Waals surface area contributed by atoms with Crippen molar-refractivity contribution in [3.05, 3.63) is 78.6 Å². The van der Waals surface area contributed by atoms with Gasteiger partial charge in [-0.3, -0.25) is 9.78 Å². The molecule has 2 aromatic carbocycles. The van der Waals surface area contributed by atoms with Crippen LogP contribution in [0.4, 0.5) is 0 Å². The van der Waals surface area contributed by atoms with Crippen LogP contribution in [0.5, 0.6) is 5.75 Å². The first kappa shape index (κ1) is 27.8. The summed E-state index contributed by atoms with van der Waals surface area (Å²) in [6.07, 6.45) is 5.59. The molecule has 8 nitrogen and oxygen atoms in total. The number of piperidine rings is 1. The predicted octanol–water partition coefficient (Wildman–Crippen LogP) is 3.50. The third-order valence-corrected chi connectivity index (χ3v) is 9.70. The molecule has 1 aliphatic heterocycles. The Labute approximate surface area is 224 Å². The molecule has 0 radical (unpaired) electrons. The SMILES string of the molecule is COCCN1CCC(C(N)=O)(S(=O)(=O)c2ccc(OCCCc3cccc(-c4cccnc4)c3)cc2)CC1. The summed E-state index contributed by atoms with van der Waals surface area (Å²) < 4.78 is 36.4. The van der Waals surface area contributed by atoms with Gasteiger partial charge in [-0.25, -0.2) is 8.42 Å². The molecule has 0 atom stereocenters. The lowest BCUT2D eigenvalue weighted by Crippen LogP contribution is -2.57. The number of carbonyl (C=O) groups excluding carboxylic acids is 1. The molecule has 1 aliphatic rings. The first-order valence-electron chi connectivity index (χ1n) is 12.8. The molecule has 9 heteroatoms. The van der Waals surface area contributed by atoms with Crippen molar-refractivity contribution in [1.82, 2.24) is 9.88 Å². The molecule has 1 saturated heterocycles. The zero-order chi connectivity index (χ0) is 27.0. The molecule has 0 saturated carbocycles. The molecule has 0 bridgehead atoms. The van der Waals surface area contributed by atoms with E-state index in [1.165, 1.54) is 17.7 Å². The van der Waals surface area contributed by atoms with Crippen molar-refractivity contribution in [2.45, 2.75) is 35.3 Å². The van der Waals surface area contributed by atoms with E-state index >= 15 is 0 Å². The van der Waals surface area contributed by atoms with Gasteiger partial charge in [-0.2, -0.15) is 0 Å². The van der Waals surface area contributed by atoms with Gasteiger partial charge in [-0.1, -0.05) is 30.3 Å². The Hall–Kier alpha value is -3.27. The molecule has 38 heavy (non-hydrogen) atoms. The van der Waals surface area contributed by atoms with Crippen molar-refractivity contribution in [1.29, 1.82) is 0 Å². The number of hydrogen-bond donors (Lipinski definition) is 1. The van der Waals surface area contributed by atoms with Crippen LogP contribution < -0.4 is 10.5 Å². The lowest BCUT2D eigenvalue weighted by molar-refractivity contribution is -0.121. The number of hydrogen-bond acceptors (Lipinski definition) is 7. The Bertz CT molecular complexity index is 1310. The standard InChI is InChI=1S/C29H35N3O5S/c1-36-20-18-32-16-13-29(14-17-32,28(30)33)38(34,35)27-11-9-26(10-12-27)37-19-4-6-23-5-2-7-24(21-23)25-8-3-15-31-22-25/h2-3,5,7-12,15,21-22H,4,6,13-14,16-20H2,1H3,(H2,30,33). The number of benzene rings is 2. The van der Waals surface area contributed by atoms with Gasteiger partial charge in [0, 0.05) is 39.1 Å². The van der Waals surface area contributed by atoms with Gasteiger partial charge in [0.2, 0.25) is 5.91 Å². The topological polar surface area (TPSA) is 112 Å². The average molecular weight is 538 g/mol. The number of aryl methyl sites for hydroxylation is 1. The zero-order valence-corrected chi connectivity index (χ0v) is 22.5. The fourth-order valence-corrected chi connectivity index (χ4v) is 6.78. The first-order chi connectivity index (χ1) is 18.4. The molecule has 202 valence electrons. The van der Waals surface area contributed by atoms with Crippen LogP contribution >= 0.6 is 0 Å². The fourth-order valence-electron chi connectivity index (χ4n) is 4.85. The summed E-state index contributed by atoms with van der Waals surface area (Å²) in [7, 11) is -2.34. The summed E-state index contributed by atoms with van der Waals surface area (Å²) >= 11 is 0. The van der Waals surface area contributed by atoms with Gasteiger partial charge >= 0.3 is 0 Å². The van der Waals surface area contributed by atoms with E-state index in [9.17, 15) is 13.2 Å². The predicted molar refractivity (Wildman–Crippen MR) is 147 cm³/mol. The van der Waals surface area contributed by atoms with Crippen molar-refractivity contribution in [2.75, 3.05) is 40.0 Å². The first-order valence-corrected chi connectivity index (χ1v) is 14.3. The zero-order valence-electron chi connectivity index (χ0n) is 21.7. The van der Waals surface area contributed by atoms with Crippen LogP contribution in [0.2, 0.25) is 0 Å². The number of likely N-dealkylation sites (tertiary alicyclic amines) is 1. The van der Waals surface area contributed by atoms with E-state index < -0.39 is 20.5 Å². The molecule has 0 aliphatic carbocycles. The van der Waals surface area contributed by atoms with Crippen LogP contribution in [-0.4, -0.2) is 68.9 Å². The number of nitrogens with zero attached hydrogens (tertiary/aromatic N) is 2. The van der Waals surface area contributed by atoms with Gasteiger partial charge in [0.15, 0.2) is 14.6 Å². The van der Waals surface area contributed by atoms with Crippen molar-refractivity contribution >= 4 is 15.7 Å². The molecule has 4 rings (SSSR count). The fraction of sp³-hybridized carbons (Fsp3) is 0.379. The van der Waals surface area contributed by atoms with Crippen LogP contribution in [0.15, 0.2) is 78.0 Å². The van der Waals surface area contributed by atoms with Crippen LogP contribution in [0.25, 0.3) is 11.1 Å². The minimum absolute atomic E-state index is 0.0845. The number of aromatic nitrogens is 1. The maximum absolute atomic E-state index is 13.5. The maximum atomic E-state index is 13.5. The normalized spacial score (nSPS) is 15.7. The van der Waals surface area contributed by atoms with Crippen molar-refractivity contribution in [2.24, 2.45) is 5.73 Å². The molecule has 1 aromatic heterocycles. The molecule has 1 fully saturated rings. The van der Waals surface area contributed by atoms with Crippen LogP contribution in [0.1, 0.15) is 24.8 Å². The second-order valence-electron chi connectivity index (χ2n) is 9.56. The Balaban J connectivity index is 1.33. The molecule has 3 aromatic rings. The maximum Gasteiger partial charge on any atom is 0.239 e. The molecular formula is C29H35N3O5S. The van der Waals surface area contributed by atoms with Gasteiger partial charge in [-0.15, -0.1) is 0 Å². The number of nitrogens with two attached hydrogens (primary N) is 1. The smallest absolute Gasteiger partial charge is 0.239 e. The molecule has 2 heterocycles. The van der Waals surface area contributed by atoms with E-state index in [1.54, 1.807) is 25.4 Å². The van der Waals surface area contributed by atoms with E-state index in [1.807, 2.05) is 24.4 Å².